The molecular formula is C12H17F2N3. The van der Waals surface area contributed by atoms with E-state index in [4.69, 9.17) is 0 Å². The quantitative estimate of drug-likeness (QED) is 0.881. The van der Waals surface area contributed by atoms with Gasteiger partial charge < -0.3 is 10.2 Å². The van der Waals surface area contributed by atoms with Crippen LogP contribution in [0.1, 0.15) is 19.8 Å². The van der Waals surface area contributed by atoms with E-state index in [1.54, 1.807) is 7.05 Å². The highest BCUT2D eigenvalue weighted by molar-refractivity contribution is 5.49. The lowest BCUT2D eigenvalue weighted by atomic mass is 10.1. The Morgan fingerprint density at radius 1 is 1.47 bits per heavy atom. The Kier molecular flexibility index (Phi) is 3.45. The zero-order chi connectivity index (χ0) is 12.4. The van der Waals surface area contributed by atoms with Crippen LogP contribution < -0.4 is 10.2 Å². The van der Waals surface area contributed by atoms with Gasteiger partial charge in [-0.1, -0.05) is 13.3 Å². The van der Waals surface area contributed by atoms with Gasteiger partial charge in [0.1, 0.15) is 0 Å². The second-order valence-electron chi connectivity index (χ2n) is 4.38. The molecular weight excluding hydrogens is 224 g/mol. The van der Waals surface area contributed by atoms with E-state index < -0.39 is 11.6 Å². The number of pyridine rings is 1. The molecule has 2 heterocycles. The number of nitrogens with one attached hydrogen (secondary N) is 1. The number of aromatic nitrogens is 1. The van der Waals surface area contributed by atoms with Crippen molar-refractivity contribution in [2.24, 2.45) is 5.92 Å². The topological polar surface area (TPSA) is 28.2 Å². The molecule has 1 saturated heterocycles. The van der Waals surface area contributed by atoms with Gasteiger partial charge in [-0.3, -0.25) is 0 Å². The molecule has 1 fully saturated rings. The predicted molar refractivity (Wildman–Crippen MR) is 64.3 cm³/mol. The fourth-order valence-corrected chi connectivity index (χ4v) is 2.21. The second-order valence-corrected chi connectivity index (χ2v) is 4.38. The van der Waals surface area contributed by atoms with E-state index in [2.05, 4.69) is 17.2 Å². The molecule has 0 aliphatic carbocycles. The number of rotatable bonds is 3. The highest BCUT2D eigenvalue weighted by atomic mass is 19.1. The van der Waals surface area contributed by atoms with E-state index in [0.717, 1.165) is 32.0 Å². The van der Waals surface area contributed by atoms with E-state index in [0.29, 0.717) is 5.92 Å². The van der Waals surface area contributed by atoms with Gasteiger partial charge in [0.15, 0.2) is 23.3 Å². The first-order chi connectivity index (χ1) is 8.15. The molecule has 1 aliphatic rings. The van der Waals surface area contributed by atoms with Crippen LogP contribution in [0.3, 0.4) is 0 Å². The van der Waals surface area contributed by atoms with E-state index in [1.165, 1.54) is 0 Å². The third-order valence-corrected chi connectivity index (χ3v) is 3.31. The minimum atomic E-state index is -0.653. The van der Waals surface area contributed by atoms with Gasteiger partial charge >= 0.3 is 0 Å². The van der Waals surface area contributed by atoms with Gasteiger partial charge in [-0.05, 0) is 12.3 Å². The summed E-state index contributed by atoms with van der Waals surface area (Å²) in [5.41, 5.74) is 0. The summed E-state index contributed by atoms with van der Waals surface area (Å²) in [6.07, 6.45) is 2.13. The molecule has 94 valence electrons. The van der Waals surface area contributed by atoms with E-state index in [-0.39, 0.29) is 11.6 Å². The Bertz CT molecular complexity index is 409. The maximum atomic E-state index is 13.7. The van der Waals surface area contributed by atoms with E-state index >= 15 is 0 Å². The predicted octanol–water partition coefficient (Wildman–Crippen LogP) is 2.64. The van der Waals surface area contributed by atoms with Gasteiger partial charge in [0.05, 0.1) is 0 Å². The largest absolute Gasteiger partial charge is 0.371 e. The first kappa shape index (κ1) is 12.1. The second kappa shape index (κ2) is 4.85. The smallest absolute Gasteiger partial charge is 0.168 e. The first-order valence-electron chi connectivity index (χ1n) is 5.94. The summed E-state index contributed by atoms with van der Waals surface area (Å²) in [4.78, 5) is 5.90. The van der Waals surface area contributed by atoms with Crippen LogP contribution in [0.25, 0.3) is 0 Å². The Labute approximate surface area is 99.8 Å². The zero-order valence-corrected chi connectivity index (χ0v) is 10.1. The summed E-state index contributed by atoms with van der Waals surface area (Å²) in [7, 11) is 1.58. The van der Waals surface area contributed by atoms with Crippen LogP contribution >= 0.6 is 0 Å². The molecule has 0 spiro atoms. The number of halogens is 2. The average molecular weight is 241 g/mol. The third kappa shape index (κ3) is 2.33. The van der Waals surface area contributed by atoms with E-state index in [1.807, 2.05) is 4.90 Å². The maximum absolute atomic E-state index is 13.7. The molecule has 0 radical (unpaired) electrons. The van der Waals surface area contributed by atoms with Crippen molar-refractivity contribution in [2.45, 2.75) is 19.8 Å². The zero-order valence-electron chi connectivity index (χ0n) is 10.1. The van der Waals surface area contributed by atoms with Crippen LogP contribution in [0.15, 0.2) is 6.07 Å². The molecule has 2 rings (SSSR count). The SMILES string of the molecule is CCC1CCN(c2nc(NC)c(F)cc2F)C1. The Morgan fingerprint density at radius 2 is 2.24 bits per heavy atom. The third-order valence-electron chi connectivity index (χ3n) is 3.31. The number of hydrogen-bond acceptors (Lipinski definition) is 3. The summed E-state index contributed by atoms with van der Waals surface area (Å²) >= 11 is 0. The molecule has 5 heteroatoms. The Balaban J connectivity index is 2.26. The van der Waals surface area contributed by atoms with Crippen molar-refractivity contribution < 1.29 is 8.78 Å². The van der Waals surface area contributed by atoms with Gasteiger partial charge in [-0.2, -0.15) is 0 Å². The van der Waals surface area contributed by atoms with Crippen molar-refractivity contribution in [1.82, 2.24) is 4.98 Å². The molecule has 1 aromatic heterocycles. The molecule has 1 atom stereocenters. The minimum absolute atomic E-state index is 0.0985. The number of nitrogens with zero attached hydrogens (tertiary/aromatic N) is 2. The van der Waals surface area contributed by atoms with Gasteiger partial charge in [-0.15, -0.1) is 0 Å². The van der Waals surface area contributed by atoms with Gasteiger partial charge in [0.2, 0.25) is 0 Å². The fourth-order valence-electron chi connectivity index (χ4n) is 2.21. The van der Waals surface area contributed by atoms with Crippen molar-refractivity contribution in [3.05, 3.63) is 17.7 Å². The summed E-state index contributed by atoms with van der Waals surface area (Å²) in [5.74, 6) is -0.300. The van der Waals surface area contributed by atoms with Crippen LogP contribution in [0, 0.1) is 17.6 Å². The summed E-state index contributed by atoms with van der Waals surface area (Å²) in [6.45, 7) is 3.72. The average Bonchev–Trinajstić information content (AvgIpc) is 2.78. The van der Waals surface area contributed by atoms with Gasteiger partial charge in [0, 0.05) is 26.2 Å². The number of hydrogen-bond donors (Lipinski definition) is 1. The highest BCUT2D eigenvalue weighted by Gasteiger charge is 2.25. The van der Waals surface area contributed by atoms with Crippen molar-refractivity contribution in [2.75, 3.05) is 30.4 Å². The lowest BCUT2D eigenvalue weighted by Gasteiger charge is -2.19. The molecule has 3 nitrogen and oxygen atoms in total. The van der Waals surface area contributed by atoms with Crippen LogP contribution in [0.4, 0.5) is 20.4 Å². The fraction of sp³-hybridized carbons (Fsp3) is 0.583. The molecule has 17 heavy (non-hydrogen) atoms. The Hall–Kier alpha value is -1.39. The van der Waals surface area contributed by atoms with Crippen molar-refractivity contribution in [3.8, 4) is 0 Å². The van der Waals surface area contributed by atoms with Crippen LogP contribution in [0.2, 0.25) is 0 Å². The monoisotopic (exact) mass is 241 g/mol. The highest BCUT2D eigenvalue weighted by Crippen LogP contribution is 2.28. The van der Waals surface area contributed by atoms with Crippen LogP contribution in [0.5, 0.6) is 0 Å². The summed E-state index contributed by atoms with van der Waals surface area (Å²) in [6, 6.07) is 0.896. The molecule has 0 bridgehead atoms. The molecule has 1 aromatic rings. The van der Waals surface area contributed by atoms with E-state index in [9.17, 15) is 8.78 Å². The lowest BCUT2D eigenvalue weighted by Crippen LogP contribution is -2.22. The molecule has 0 amide bonds. The first-order valence-corrected chi connectivity index (χ1v) is 5.94. The minimum Gasteiger partial charge on any atom is -0.371 e. The van der Waals surface area contributed by atoms with Crippen molar-refractivity contribution in [1.29, 1.82) is 0 Å². The Morgan fingerprint density at radius 3 is 2.82 bits per heavy atom. The van der Waals surface area contributed by atoms with Crippen molar-refractivity contribution >= 4 is 11.6 Å². The standard InChI is InChI=1S/C12H17F2N3/c1-3-8-4-5-17(7-8)12-10(14)6-9(13)11(15-2)16-12/h6,8H,3-5,7H2,1-2H3,(H,15,16). The molecule has 0 saturated carbocycles. The molecule has 1 unspecified atom stereocenters. The lowest BCUT2D eigenvalue weighted by molar-refractivity contribution is 0.560. The van der Waals surface area contributed by atoms with Crippen molar-refractivity contribution in [3.63, 3.8) is 0 Å². The summed E-state index contributed by atoms with van der Waals surface area (Å²) in [5, 5.41) is 2.63. The van der Waals surface area contributed by atoms with Gasteiger partial charge in [0.25, 0.3) is 0 Å². The van der Waals surface area contributed by atoms with Crippen LogP contribution in [-0.4, -0.2) is 25.1 Å². The molecule has 1 N–H and O–H groups in total. The normalized spacial score (nSPS) is 19.8. The molecule has 0 aromatic carbocycles. The van der Waals surface area contributed by atoms with Gasteiger partial charge in [-0.25, -0.2) is 13.8 Å². The summed E-state index contributed by atoms with van der Waals surface area (Å²) < 4.78 is 27.0. The number of anilines is 2. The molecule has 1 aliphatic heterocycles. The van der Waals surface area contributed by atoms with Crippen LogP contribution in [-0.2, 0) is 0 Å². The maximum Gasteiger partial charge on any atom is 0.168 e.